The molecule has 6 heteroatoms. The van der Waals surface area contributed by atoms with Gasteiger partial charge in [0.15, 0.2) is 0 Å². The maximum atomic E-state index is 10.7. The van der Waals surface area contributed by atoms with E-state index in [1.54, 1.807) is 6.92 Å². The normalized spacial score (nSPS) is 14.7. The van der Waals surface area contributed by atoms with E-state index < -0.39 is 10.1 Å². The molecular weight excluding hydrogens is 304 g/mol. The third-order valence-corrected chi connectivity index (χ3v) is 4.28. The number of hydrogen-bond acceptors (Lipinski definition) is 4. The highest BCUT2D eigenvalue weighted by atomic mass is 32.2. The van der Waals surface area contributed by atoms with Crippen molar-refractivity contribution in [3.63, 3.8) is 0 Å². The molecule has 0 spiro atoms. The topological polar surface area (TPSA) is 72.8 Å². The zero-order chi connectivity index (χ0) is 16.4. The number of rotatable bonds is 11. The van der Waals surface area contributed by atoms with Crippen LogP contribution in [0.25, 0.3) is 0 Å². The molecule has 0 saturated carbocycles. The van der Waals surface area contributed by atoms with Gasteiger partial charge in [0.2, 0.25) is 0 Å². The first-order chi connectivity index (χ1) is 10.4. The van der Waals surface area contributed by atoms with Crippen LogP contribution in [-0.2, 0) is 26.2 Å². The van der Waals surface area contributed by atoms with Gasteiger partial charge in [0.25, 0.3) is 10.1 Å². The fourth-order valence-electron chi connectivity index (χ4n) is 2.01. The Labute approximate surface area is 133 Å². The van der Waals surface area contributed by atoms with Crippen molar-refractivity contribution in [3.05, 3.63) is 35.9 Å². The minimum atomic E-state index is -3.89. The van der Waals surface area contributed by atoms with Crippen LogP contribution in [0.5, 0.6) is 0 Å². The van der Waals surface area contributed by atoms with Crippen molar-refractivity contribution in [2.24, 2.45) is 5.92 Å². The van der Waals surface area contributed by atoms with Gasteiger partial charge in [-0.05, 0) is 31.2 Å². The molecule has 0 amide bonds. The molecule has 126 valence electrons. The Balaban J connectivity index is 2.05. The van der Waals surface area contributed by atoms with E-state index in [1.165, 1.54) is 0 Å². The maximum Gasteiger partial charge on any atom is 0.265 e. The first-order valence-electron chi connectivity index (χ1n) is 7.55. The van der Waals surface area contributed by atoms with Crippen LogP contribution < -0.4 is 0 Å². The van der Waals surface area contributed by atoms with Gasteiger partial charge in [-0.3, -0.25) is 4.55 Å². The summed E-state index contributed by atoms with van der Waals surface area (Å²) >= 11 is 0. The molecule has 0 aliphatic carbocycles. The fourth-order valence-corrected chi connectivity index (χ4v) is 2.90. The summed E-state index contributed by atoms with van der Waals surface area (Å²) in [5, 5.41) is 0. The van der Waals surface area contributed by atoms with Gasteiger partial charge >= 0.3 is 0 Å². The molecule has 1 aromatic carbocycles. The summed E-state index contributed by atoms with van der Waals surface area (Å²) in [5.74, 6) is -0.332. The number of benzene rings is 1. The Hall–Kier alpha value is -0.950. The third-order valence-electron chi connectivity index (χ3n) is 3.29. The highest BCUT2D eigenvalue weighted by Crippen LogP contribution is 2.08. The maximum absolute atomic E-state index is 10.7. The molecular formula is C16H26O5S. The quantitative estimate of drug-likeness (QED) is 0.499. The molecule has 0 aliphatic heterocycles. The highest BCUT2D eigenvalue weighted by molar-refractivity contribution is 7.85. The molecule has 1 N–H and O–H groups in total. The van der Waals surface area contributed by atoms with Gasteiger partial charge in [-0.2, -0.15) is 8.42 Å². The van der Waals surface area contributed by atoms with Crippen LogP contribution in [0.4, 0.5) is 0 Å². The SMILES string of the molecule is CC(CCOC(C)CCOCc1ccccc1)CS(=O)(=O)O. The largest absolute Gasteiger partial charge is 0.378 e. The van der Waals surface area contributed by atoms with Crippen molar-refractivity contribution in [3.8, 4) is 0 Å². The van der Waals surface area contributed by atoms with E-state index in [4.69, 9.17) is 14.0 Å². The molecule has 1 aromatic rings. The van der Waals surface area contributed by atoms with E-state index in [-0.39, 0.29) is 17.8 Å². The number of hydrogen-bond donors (Lipinski definition) is 1. The molecule has 5 nitrogen and oxygen atoms in total. The monoisotopic (exact) mass is 330 g/mol. The standard InChI is InChI=1S/C16H26O5S/c1-14(13-22(17,18)19)8-11-21-15(2)9-10-20-12-16-6-4-3-5-7-16/h3-7,14-15H,8-13H2,1-2H3,(H,17,18,19). The molecule has 22 heavy (non-hydrogen) atoms. The molecule has 0 saturated heterocycles. The average molecular weight is 330 g/mol. The van der Waals surface area contributed by atoms with Gasteiger partial charge in [0.1, 0.15) is 0 Å². The molecule has 1 rings (SSSR count). The van der Waals surface area contributed by atoms with Gasteiger partial charge in [-0.1, -0.05) is 37.3 Å². The minimum Gasteiger partial charge on any atom is -0.378 e. The lowest BCUT2D eigenvalue weighted by atomic mass is 10.1. The first kappa shape index (κ1) is 19.1. The van der Waals surface area contributed by atoms with Gasteiger partial charge < -0.3 is 9.47 Å². The zero-order valence-corrected chi connectivity index (χ0v) is 14.1. The Bertz CT molecular complexity index is 501. The summed E-state index contributed by atoms with van der Waals surface area (Å²) in [6, 6.07) is 9.99. The van der Waals surface area contributed by atoms with E-state index in [0.29, 0.717) is 26.2 Å². The Morgan fingerprint density at radius 2 is 1.77 bits per heavy atom. The predicted molar refractivity (Wildman–Crippen MR) is 86.3 cm³/mol. The summed E-state index contributed by atoms with van der Waals surface area (Å²) < 4.78 is 41.4. The lowest BCUT2D eigenvalue weighted by molar-refractivity contribution is 0.0238. The van der Waals surface area contributed by atoms with Crippen LogP contribution in [0.3, 0.4) is 0 Å². The molecule has 2 unspecified atom stereocenters. The average Bonchev–Trinajstić information content (AvgIpc) is 2.43. The zero-order valence-electron chi connectivity index (χ0n) is 13.3. The van der Waals surface area contributed by atoms with E-state index in [1.807, 2.05) is 37.3 Å². The van der Waals surface area contributed by atoms with Crippen LogP contribution >= 0.6 is 0 Å². The Morgan fingerprint density at radius 3 is 2.41 bits per heavy atom. The van der Waals surface area contributed by atoms with Gasteiger partial charge in [-0.15, -0.1) is 0 Å². The van der Waals surface area contributed by atoms with Crippen molar-refractivity contribution in [1.29, 1.82) is 0 Å². The second-order valence-electron chi connectivity index (χ2n) is 5.65. The number of ether oxygens (including phenoxy) is 2. The van der Waals surface area contributed by atoms with Gasteiger partial charge in [0.05, 0.1) is 18.5 Å². The van der Waals surface area contributed by atoms with E-state index in [9.17, 15) is 8.42 Å². The molecule has 0 fully saturated rings. The van der Waals surface area contributed by atoms with Crippen LogP contribution in [-0.4, -0.2) is 38.0 Å². The molecule has 0 aliphatic rings. The lowest BCUT2D eigenvalue weighted by Gasteiger charge is -2.15. The molecule has 2 atom stereocenters. The van der Waals surface area contributed by atoms with Crippen molar-refractivity contribution < 1.29 is 22.4 Å². The summed E-state index contributed by atoms with van der Waals surface area (Å²) in [4.78, 5) is 0. The van der Waals surface area contributed by atoms with Crippen LogP contribution in [0.1, 0.15) is 32.3 Å². The lowest BCUT2D eigenvalue weighted by Crippen LogP contribution is -2.17. The van der Waals surface area contributed by atoms with Crippen LogP contribution in [0.2, 0.25) is 0 Å². The summed E-state index contributed by atoms with van der Waals surface area (Å²) in [6.07, 6.45) is 1.46. The van der Waals surface area contributed by atoms with Crippen LogP contribution in [0.15, 0.2) is 30.3 Å². The first-order valence-corrected chi connectivity index (χ1v) is 9.16. The summed E-state index contributed by atoms with van der Waals surface area (Å²) in [5.41, 5.74) is 1.15. The van der Waals surface area contributed by atoms with Crippen molar-refractivity contribution >= 4 is 10.1 Å². The van der Waals surface area contributed by atoms with E-state index in [2.05, 4.69) is 0 Å². The summed E-state index contributed by atoms with van der Waals surface area (Å²) in [6.45, 7) is 5.45. The Kier molecular flexibility index (Phi) is 8.63. The molecule has 0 radical (unpaired) electrons. The molecule has 0 bridgehead atoms. The fraction of sp³-hybridized carbons (Fsp3) is 0.625. The van der Waals surface area contributed by atoms with Gasteiger partial charge in [-0.25, -0.2) is 0 Å². The van der Waals surface area contributed by atoms with Crippen molar-refractivity contribution in [1.82, 2.24) is 0 Å². The van der Waals surface area contributed by atoms with Gasteiger partial charge in [0, 0.05) is 13.2 Å². The summed E-state index contributed by atoms with van der Waals surface area (Å²) in [7, 11) is -3.89. The second-order valence-corrected chi connectivity index (χ2v) is 7.15. The highest BCUT2D eigenvalue weighted by Gasteiger charge is 2.12. The van der Waals surface area contributed by atoms with Crippen molar-refractivity contribution in [2.75, 3.05) is 19.0 Å². The van der Waals surface area contributed by atoms with Crippen LogP contribution in [0, 0.1) is 5.92 Å². The Morgan fingerprint density at radius 1 is 1.09 bits per heavy atom. The van der Waals surface area contributed by atoms with E-state index >= 15 is 0 Å². The second kappa shape index (κ2) is 9.94. The molecule has 0 aromatic heterocycles. The predicted octanol–water partition coefficient (Wildman–Crippen LogP) is 2.91. The third kappa shape index (κ3) is 9.89. The smallest absolute Gasteiger partial charge is 0.265 e. The minimum absolute atomic E-state index is 0.0636. The van der Waals surface area contributed by atoms with E-state index in [0.717, 1.165) is 12.0 Å². The van der Waals surface area contributed by atoms with Crippen molar-refractivity contribution in [2.45, 2.75) is 39.4 Å². The molecule has 0 heterocycles.